The number of rotatable bonds is 3. The molecule has 1 N–H and O–H groups in total. The molecule has 0 fully saturated rings. The van der Waals surface area contributed by atoms with Gasteiger partial charge in [0, 0.05) is 5.02 Å². The Morgan fingerprint density at radius 2 is 1.80 bits per heavy atom. The zero-order valence-electron chi connectivity index (χ0n) is 10.1. The van der Waals surface area contributed by atoms with Gasteiger partial charge in [-0.3, -0.25) is 0 Å². The summed E-state index contributed by atoms with van der Waals surface area (Å²) < 4.78 is 40.4. The molecule has 0 aliphatic carbocycles. The van der Waals surface area contributed by atoms with Crippen molar-refractivity contribution >= 4 is 11.6 Å². The van der Waals surface area contributed by atoms with Crippen molar-refractivity contribution in [1.82, 2.24) is 0 Å². The van der Waals surface area contributed by atoms with E-state index in [0.29, 0.717) is 21.7 Å². The quantitative estimate of drug-likeness (QED) is 0.910. The lowest BCUT2D eigenvalue weighted by atomic mass is 10.0. The Bertz CT molecular complexity index is 612. The lowest BCUT2D eigenvalue weighted by Crippen LogP contribution is -2.17. The van der Waals surface area contributed by atoms with Gasteiger partial charge in [0.1, 0.15) is 5.75 Å². The lowest BCUT2D eigenvalue weighted by molar-refractivity contribution is -0.274. The van der Waals surface area contributed by atoms with Crippen LogP contribution < -0.4 is 4.74 Å². The molecule has 0 saturated carbocycles. The van der Waals surface area contributed by atoms with Crippen molar-refractivity contribution in [2.75, 3.05) is 0 Å². The van der Waals surface area contributed by atoms with Crippen LogP contribution in [0, 0.1) is 0 Å². The molecule has 2 rings (SSSR count). The number of alkyl halides is 3. The summed E-state index contributed by atoms with van der Waals surface area (Å²) in [5, 5.41) is 9.51. The summed E-state index contributed by atoms with van der Waals surface area (Å²) in [7, 11) is 0. The summed E-state index contributed by atoms with van der Waals surface area (Å²) in [5.41, 5.74) is 1.70. The minimum Gasteiger partial charge on any atom is -0.406 e. The van der Waals surface area contributed by atoms with E-state index in [1.165, 1.54) is 18.2 Å². The van der Waals surface area contributed by atoms with Crippen LogP contribution in [0.15, 0.2) is 42.5 Å². The van der Waals surface area contributed by atoms with E-state index in [1.54, 1.807) is 24.3 Å². The highest BCUT2D eigenvalue weighted by molar-refractivity contribution is 6.31. The Morgan fingerprint density at radius 3 is 2.45 bits per heavy atom. The highest BCUT2D eigenvalue weighted by Gasteiger charge is 2.31. The second-order valence-electron chi connectivity index (χ2n) is 4.08. The fourth-order valence-corrected chi connectivity index (χ4v) is 2.04. The average Bonchev–Trinajstić information content (AvgIpc) is 2.36. The smallest absolute Gasteiger partial charge is 0.406 e. The van der Waals surface area contributed by atoms with Crippen LogP contribution in [0.25, 0.3) is 11.1 Å². The number of aliphatic hydroxyl groups excluding tert-OH is 1. The standard InChI is InChI=1S/C14H10ClF3O2/c15-12-5-9(8-19)4-11(6-12)10-2-1-3-13(7-10)20-14(16,17)18/h1-7,19H,8H2. The molecular weight excluding hydrogens is 293 g/mol. The molecule has 2 aromatic carbocycles. The van der Waals surface area contributed by atoms with Crippen LogP contribution in [0.3, 0.4) is 0 Å². The molecule has 0 spiro atoms. The first-order valence-corrected chi connectivity index (χ1v) is 6.02. The zero-order chi connectivity index (χ0) is 14.8. The van der Waals surface area contributed by atoms with Crippen molar-refractivity contribution < 1.29 is 23.0 Å². The highest BCUT2D eigenvalue weighted by Crippen LogP contribution is 2.30. The SMILES string of the molecule is OCc1cc(Cl)cc(-c2cccc(OC(F)(F)F)c2)c1. The Balaban J connectivity index is 2.38. The van der Waals surface area contributed by atoms with Gasteiger partial charge in [-0.25, -0.2) is 0 Å². The van der Waals surface area contributed by atoms with E-state index in [9.17, 15) is 13.2 Å². The van der Waals surface area contributed by atoms with Gasteiger partial charge in [0.15, 0.2) is 0 Å². The molecule has 0 aliphatic heterocycles. The van der Waals surface area contributed by atoms with Crippen LogP contribution in [0.4, 0.5) is 13.2 Å². The van der Waals surface area contributed by atoms with Crippen LogP contribution in [-0.2, 0) is 6.61 Å². The first kappa shape index (κ1) is 14.7. The number of benzene rings is 2. The molecule has 0 radical (unpaired) electrons. The van der Waals surface area contributed by atoms with E-state index in [2.05, 4.69) is 4.74 Å². The zero-order valence-corrected chi connectivity index (χ0v) is 10.9. The second-order valence-corrected chi connectivity index (χ2v) is 4.52. The van der Waals surface area contributed by atoms with Gasteiger partial charge < -0.3 is 9.84 Å². The van der Waals surface area contributed by atoms with Gasteiger partial charge in [-0.05, 0) is 47.0 Å². The first-order chi connectivity index (χ1) is 9.37. The highest BCUT2D eigenvalue weighted by atomic mass is 35.5. The molecule has 2 nitrogen and oxygen atoms in total. The van der Waals surface area contributed by atoms with Crippen LogP contribution in [0.2, 0.25) is 5.02 Å². The molecule has 0 aliphatic rings. The molecule has 0 unspecified atom stereocenters. The third-order valence-corrected chi connectivity index (χ3v) is 2.76. The fraction of sp³-hybridized carbons (Fsp3) is 0.143. The molecule has 106 valence electrons. The maximum absolute atomic E-state index is 12.2. The minimum absolute atomic E-state index is 0.202. The number of hydrogen-bond acceptors (Lipinski definition) is 2. The Labute approximate surface area is 118 Å². The molecule has 6 heteroatoms. The van der Waals surface area contributed by atoms with Crippen molar-refractivity contribution in [1.29, 1.82) is 0 Å². The van der Waals surface area contributed by atoms with Gasteiger partial charge >= 0.3 is 6.36 Å². The molecule has 2 aromatic rings. The molecule has 20 heavy (non-hydrogen) atoms. The van der Waals surface area contributed by atoms with E-state index in [0.717, 1.165) is 0 Å². The molecule has 0 aromatic heterocycles. The minimum atomic E-state index is -4.73. The Kier molecular flexibility index (Phi) is 4.20. The predicted molar refractivity (Wildman–Crippen MR) is 69.5 cm³/mol. The van der Waals surface area contributed by atoms with E-state index >= 15 is 0 Å². The maximum atomic E-state index is 12.2. The van der Waals surface area contributed by atoms with Gasteiger partial charge in [0.05, 0.1) is 6.61 Å². The fourth-order valence-electron chi connectivity index (χ4n) is 1.78. The topological polar surface area (TPSA) is 29.5 Å². The van der Waals surface area contributed by atoms with Crippen molar-refractivity contribution in [2.24, 2.45) is 0 Å². The van der Waals surface area contributed by atoms with Crippen molar-refractivity contribution in [2.45, 2.75) is 13.0 Å². The third kappa shape index (κ3) is 3.88. The van der Waals surface area contributed by atoms with Gasteiger partial charge in [-0.2, -0.15) is 0 Å². The van der Waals surface area contributed by atoms with Crippen LogP contribution >= 0.6 is 11.6 Å². The van der Waals surface area contributed by atoms with Gasteiger partial charge in [-0.15, -0.1) is 13.2 Å². The van der Waals surface area contributed by atoms with E-state index in [-0.39, 0.29) is 12.4 Å². The number of ether oxygens (including phenoxy) is 1. The van der Waals surface area contributed by atoms with Crippen LogP contribution in [0.1, 0.15) is 5.56 Å². The van der Waals surface area contributed by atoms with Crippen molar-refractivity contribution in [3.05, 3.63) is 53.1 Å². The predicted octanol–water partition coefficient (Wildman–Crippen LogP) is 4.40. The van der Waals surface area contributed by atoms with Crippen molar-refractivity contribution in [3.8, 4) is 16.9 Å². The first-order valence-electron chi connectivity index (χ1n) is 5.64. The summed E-state index contributed by atoms with van der Waals surface area (Å²) >= 11 is 5.90. The number of aliphatic hydroxyl groups is 1. The molecule has 0 bridgehead atoms. The lowest BCUT2D eigenvalue weighted by Gasteiger charge is -2.11. The average molecular weight is 303 g/mol. The normalized spacial score (nSPS) is 11.4. The molecule has 0 amide bonds. The van der Waals surface area contributed by atoms with Crippen LogP contribution in [-0.4, -0.2) is 11.5 Å². The van der Waals surface area contributed by atoms with E-state index in [4.69, 9.17) is 16.7 Å². The largest absolute Gasteiger partial charge is 0.573 e. The van der Waals surface area contributed by atoms with Gasteiger partial charge in [0.25, 0.3) is 0 Å². The Hall–Kier alpha value is -1.72. The molecular formula is C14H10ClF3O2. The second kappa shape index (κ2) is 5.73. The number of halogens is 4. The maximum Gasteiger partial charge on any atom is 0.573 e. The summed E-state index contributed by atoms with van der Waals surface area (Å²) in [4.78, 5) is 0. The summed E-state index contributed by atoms with van der Waals surface area (Å²) in [6.45, 7) is -0.202. The van der Waals surface area contributed by atoms with Crippen molar-refractivity contribution in [3.63, 3.8) is 0 Å². The van der Waals surface area contributed by atoms with Crippen LogP contribution in [0.5, 0.6) is 5.75 Å². The number of hydrogen-bond donors (Lipinski definition) is 1. The van der Waals surface area contributed by atoms with E-state index in [1.807, 2.05) is 0 Å². The van der Waals surface area contributed by atoms with E-state index < -0.39 is 6.36 Å². The summed E-state index contributed by atoms with van der Waals surface area (Å²) in [6.07, 6.45) is -4.73. The molecule has 0 heterocycles. The molecule has 0 atom stereocenters. The van der Waals surface area contributed by atoms with Gasteiger partial charge in [-0.1, -0.05) is 23.7 Å². The monoisotopic (exact) mass is 302 g/mol. The summed E-state index contributed by atoms with van der Waals surface area (Å²) in [5.74, 6) is -0.305. The Morgan fingerprint density at radius 1 is 1.05 bits per heavy atom. The van der Waals surface area contributed by atoms with Gasteiger partial charge in [0.2, 0.25) is 0 Å². The third-order valence-electron chi connectivity index (χ3n) is 2.54. The summed E-state index contributed by atoms with van der Waals surface area (Å²) in [6, 6.07) is 10.4. The molecule has 0 saturated heterocycles.